The number of benzene rings is 2. The van der Waals surface area contributed by atoms with Crippen molar-refractivity contribution < 1.29 is 13.2 Å². The maximum atomic E-state index is 12.3. The Morgan fingerprint density at radius 1 is 1.08 bits per heavy atom. The van der Waals surface area contributed by atoms with Gasteiger partial charge in [0, 0.05) is 17.3 Å². The van der Waals surface area contributed by atoms with Crippen LogP contribution in [0.2, 0.25) is 0 Å². The van der Waals surface area contributed by atoms with Crippen molar-refractivity contribution in [1.82, 2.24) is 5.32 Å². The van der Waals surface area contributed by atoms with E-state index in [1.54, 1.807) is 18.2 Å². The lowest BCUT2D eigenvalue weighted by molar-refractivity contribution is 0.0938. The first-order valence-corrected chi connectivity index (χ1v) is 9.65. The minimum Gasteiger partial charge on any atom is -0.350 e. The summed E-state index contributed by atoms with van der Waals surface area (Å²) in [5.74, 6) is -0.215. The summed E-state index contributed by atoms with van der Waals surface area (Å²) in [5, 5.41) is 2.94. The zero-order valence-corrected chi connectivity index (χ0v) is 14.6. The first-order valence-electron chi connectivity index (χ1n) is 7.76. The molecule has 0 aliphatic heterocycles. The Hall–Kier alpha value is -2.34. The van der Waals surface area contributed by atoms with Gasteiger partial charge in [-0.25, -0.2) is 8.42 Å². The second kappa shape index (κ2) is 7.97. The molecule has 24 heavy (non-hydrogen) atoms. The SMILES string of the molecule is C[C@@H](CCc1ccccc1)NC(=O)c1cccc(NS(C)(=O)=O)c1. The minimum absolute atomic E-state index is 0.0178. The summed E-state index contributed by atoms with van der Waals surface area (Å²) in [6.45, 7) is 1.96. The van der Waals surface area contributed by atoms with Crippen molar-refractivity contribution in [2.24, 2.45) is 0 Å². The van der Waals surface area contributed by atoms with E-state index in [2.05, 4.69) is 22.2 Å². The predicted molar refractivity (Wildman–Crippen MR) is 96.6 cm³/mol. The monoisotopic (exact) mass is 346 g/mol. The van der Waals surface area contributed by atoms with Crippen molar-refractivity contribution >= 4 is 21.6 Å². The number of sulfonamides is 1. The van der Waals surface area contributed by atoms with Gasteiger partial charge in [-0.1, -0.05) is 36.4 Å². The highest BCUT2D eigenvalue weighted by Crippen LogP contribution is 2.12. The van der Waals surface area contributed by atoms with Gasteiger partial charge in [0.2, 0.25) is 10.0 Å². The van der Waals surface area contributed by atoms with Crippen molar-refractivity contribution in [2.45, 2.75) is 25.8 Å². The molecule has 0 bridgehead atoms. The van der Waals surface area contributed by atoms with Crippen LogP contribution in [0.1, 0.15) is 29.3 Å². The fraction of sp³-hybridized carbons (Fsp3) is 0.278. The number of anilines is 1. The molecule has 2 aromatic carbocycles. The van der Waals surface area contributed by atoms with Crippen LogP contribution < -0.4 is 10.0 Å². The van der Waals surface area contributed by atoms with Gasteiger partial charge in [0.05, 0.1) is 6.26 Å². The summed E-state index contributed by atoms with van der Waals surface area (Å²) in [5.41, 5.74) is 2.04. The first kappa shape index (κ1) is 18.0. The molecule has 0 fully saturated rings. The number of rotatable bonds is 7. The molecule has 0 aromatic heterocycles. The van der Waals surface area contributed by atoms with E-state index >= 15 is 0 Å². The quantitative estimate of drug-likeness (QED) is 0.809. The number of aryl methyl sites for hydroxylation is 1. The van der Waals surface area contributed by atoms with Crippen LogP contribution in [0, 0.1) is 0 Å². The van der Waals surface area contributed by atoms with Crippen LogP contribution in [0.15, 0.2) is 54.6 Å². The Morgan fingerprint density at radius 3 is 2.46 bits per heavy atom. The van der Waals surface area contributed by atoms with Gasteiger partial charge < -0.3 is 5.32 Å². The molecule has 5 nitrogen and oxygen atoms in total. The van der Waals surface area contributed by atoms with Crippen molar-refractivity contribution in [1.29, 1.82) is 0 Å². The number of hydrogen-bond donors (Lipinski definition) is 2. The molecule has 0 saturated heterocycles. The molecule has 0 heterocycles. The van der Waals surface area contributed by atoms with Crippen LogP contribution in [0.3, 0.4) is 0 Å². The lowest BCUT2D eigenvalue weighted by Gasteiger charge is -2.14. The van der Waals surface area contributed by atoms with E-state index in [9.17, 15) is 13.2 Å². The third-order valence-electron chi connectivity index (χ3n) is 3.51. The second-order valence-electron chi connectivity index (χ2n) is 5.85. The summed E-state index contributed by atoms with van der Waals surface area (Å²) >= 11 is 0. The molecular formula is C18H22N2O3S. The van der Waals surface area contributed by atoms with Gasteiger partial charge >= 0.3 is 0 Å². The largest absolute Gasteiger partial charge is 0.350 e. The van der Waals surface area contributed by atoms with Gasteiger partial charge in [0.25, 0.3) is 5.91 Å². The van der Waals surface area contributed by atoms with Crippen LogP contribution in [-0.4, -0.2) is 26.6 Å². The molecule has 2 rings (SSSR count). The number of hydrogen-bond acceptors (Lipinski definition) is 3. The molecule has 1 atom stereocenters. The zero-order chi connectivity index (χ0) is 17.6. The molecule has 0 saturated carbocycles. The van der Waals surface area contributed by atoms with Crippen molar-refractivity contribution in [3.8, 4) is 0 Å². The van der Waals surface area contributed by atoms with Crippen LogP contribution in [-0.2, 0) is 16.4 Å². The summed E-state index contributed by atoms with van der Waals surface area (Å²) in [6, 6.07) is 16.6. The van der Waals surface area contributed by atoms with Crippen molar-refractivity contribution in [2.75, 3.05) is 11.0 Å². The van der Waals surface area contributed by atoms with E-state index in [0.717, 1.165) is 19.1 Å². The summed E-state index contributed by atoms with van der Waals surface area (Å²) in [7, 11) is -3.36. The van der Waals surface area contributed by atoms with E-state index in [1.807, 2.05) is 25.1 Å². The van der Waals surface area contributed by atoms with Gasteiger partial charge in [-0.15, -0.1) is 0 Å². The number of amides is 1. The molecular weight excluding hydrogens is 324 g/mol. The predicted octanol–water partition coefficient (Wildman–Crippen LogP) is 2.81. The second-order valence-corrected chi connectivity index (χ2v) is 7.60. The van der Waals surface area contributed by atoms with E-state index < -0.39 is 10.0 Å². The Kier molecular flexibility index (Phi) is 5.98. The fourth-order valence-electron chi connectivity index (χ4n) is 2.35. The minimum atomic E-state index is -3.36. The fourth-order valence-corrected chi connectivity index (χ4v) is 2.90. The molecule has 0 spiro atoms. The Morgan fingerprint density at radius 2 is 1.79 bits per heavy atom. The highest BCUT2D eigenvalue weighted by molar-refractivity contribution is 7.92. The molecule has 0 aliphatic carbocycles. The third-order valence-corrected chi connectivity index (χ3v) is 4.12. The molecule has 2 N–H and O–H groups in total. The summed E-state index contributed by atoms with van der Waals surface area (Å²) in [6.07, 6.45) is 2.79. The highest BCUT2D eigenvalue weighted by Gasteiger charge is 2.11. The molecule has 2 aromatic rings. The number of carbonyl (C=O) groups is 1. The van der Waals surface area contributed by atoms with E-state index in [4.69, 9.17) is 0 Å². The Bertz CT molecular complexity index is 789. The normalized spacial score (nSPS) is 12.4. The first-order chi connectivity index (χ1) is 11.3. The lowest BCUT2D eigenvalue weighted by atomic mass is 10.1. The van der Waals surface area contributed by atoms with Gasteiger partial charge in [-0.3, -0.25) is 9.52 Å². The Labute approximate surface area is 143 Å². The molecule has 0 radical (unpaired) electrons. The molecule has 1 amide bonds. The Balaban J connectivity index is 1.93. The average molecular weight is 346 g/mol. The van der Waals surface area contributed by atoms with Gasteiger partial charge in [0.15, 0.2) is 0 Å². The van der Waals surface area contributed by atoms with Crippen molar-refractivity contribution in [3.63, 3.8) is 0 Å². The summed E-state index contributed by atoms with van der Waals surface area (Å²) in [4.78, 5) is 12.3. The average Bonchev–Trinajstić information content (AvgIpc) is 2.52. The van der Waals surface area contributed by atoms with Crippen LogP contribution >= 0.6 is 0 Å². The topological polar surface area (TPSA) is 75.3 Å². The molecule has 0 aliphatic rings. The van der Waals surface area contributed by atoms with E-state index in [1.165, 1.54) is 11.6 Å². The van der Waals surface area contributed by atoms with Gasteiger partial charge in [-0.05, 0) is 43.5 Å². The third kappa shape index (κ3) is 6.04. The van der Waals surface area contributed by atoms with Crippen LogP contribution in [0.4, 0.5) is 5.69 Å². The maximum absolute atomic E-state index is 12.3. The maximum Gasteiger partial charge on any atom is 0.251 e. The van der Waals surface area contributed by atoms with E-state index in [0.29, 0.717) is 11.3 Å². The van der Waals surface area contributed by atoms with Crippen molar-refractivity contribution in [3.05, 3.63) is 65.7 Å². The summed E-state index contributed by atoms with van der Waals surface area (Å²) < 4.78 is 24.9. The molecule has 0 unspecified atom stereocenters. The zero-order valence-electron chi connectivity index (χ0n) is 13.8. The van der Waals surface area contributed by atoms with E-state index in [-0.39, 0.29) is 11.9 Å². The van der Waals surface area contributed by atoms with Gasteiger partial charge in [-0.2, -0.15) is 0 Å². The van der Waals surface area contributed by atoms with Crippen LogP contribution in [0.25, 0.3) is 0 Å². The number of nitrogens with one attached hydrogen (secondary N) is 2. The number of carbonyl (C=O) groups excluding carboxylic acids is 1. The van der Waals surface area contributed by atoms with Crippen LogP contribution in [0.5, 0.6) is 0 Å². The van der Waals surface area contributed by atoms with Gasteiger partial charge in [0.1, 0.15) is 0 Å². The smallest absolute Gasteiger partial charge is 0.251 e. The lowest BCUT2D eigenvalue weighted by Crippen LogP contribution is -2.32. The standard InChI is InChI=1S/C18H22N2O3S/c1-14(11-12-15-7-4-3-5-8-15)19-18(21)16-9-6-10-17(13-16)20-24(2,22)23/h3-10,13-14,20H,11-12H2,1-2H3,(H,19,21)/t14-/m0/s1. The molecule has 6 heteroatoms. The highest BCUT2D eigenvalue weighted by atomic mass is 32.2. The molecule has 128 valence electrons.